The van der Waals surface area contributed by atoms with Gasteiger partial charge in [-0.3, -0.25) is 0 Å². The molecular weight excluding hydrogens is 358 g/mol. The van der Waals surface area contributed by atoms with Crippen molar-refractivity contribution in [2.24, 2.45) is 0 Å². The molecule has 0 aromatic heterocycles. The Kier molecular flexibility index (Phi) is 4.87. The van der Waals surface area contributed by atoms with E-state index in [2.05, 4.69) is 47.4 Å². The number of methoxy groups -OCH3 is 1. The van der Waals surface area contributed by atoms with E-state index in [1.165, 1.54) is 29.5 Å². The summed E-state index contributed by atoms with van der Waals surface area (Å²) in [6, 6.07) is 24.3. The highest BCUT2D eigenvalue weighted by molar-refractivity contribution is 6.22. The highest BCUT2D eigenvalue weighted by atomic mass is 35.5. The first kappa shape index (κ1) is 17.6. The van der Waals surface area contributed by atoms with Crippen molar-refractivity contribution < 1.29 is 9.53 Å². The van der Waals surface area contributed by atoms with Crippen LogP contribution in [-0.4, -0.2) is 18.6 Å². The zero-order valence-corrected chi connectivity index (χ0v) is 15.8. The number of halogens is 1. The average molecular weight is 378 g/mol. The van der Waals surface area contributed by atoms with Crippen LogP contribution in [0.1, 0.15) is 21.5 Å². The summed E-state index contributed by atoms with van der Waals surface area (Å²) in [6.07, 6.45) is 0.808. The number of esters is 1. The van der Waals surface area contributed by atoms with E-state index in [1.54, 1.807) is 12.1 Å². The van der Waals surface area contributed by atoms with E-state index in [4.69, 9.17) is 16.3 Å². The van der Waals surface area contributed by atoms with Gasteiger partial charge in [-0.1, -0.05) is 66.2 Å². The topological polar surface area (TPSA) is 29.5 Å². The quantitative estimate of drug-likeness (QED) is 0.352. The van der Waals surface area contributed by atoms with Crippen molar-refractivity contribution in [2.45, 2.75) is 18.5 Å². The van der Waals surface area contributed by atoms with Crippen LogP contribution in [0.25, 0.3) is 11.1 Å². The Balaban J connectivity index is 1.62. The Morgan fingerprint density at radius 2 is 1.78 bits per heavy atom. The van der Waals surface area contributed by atoms with Gasteiger partial charge in [-0.25, -0.2) is 4.79 Å². The van der Waals surface area contributed by atoms with Crippen LogP contribution in [0.3, 0.4) is 0 Å². The van der Waals surface area contributed by atoms with Gasteiger partial charge in [-0.2, -0.15) is 0 Å². The standard InChI is InChI=1S/C23H20ClNO2/c1-27-23(26)18-12-10-16(11-13-18)15-25-21-9-5-8-19(20(21)14-22(25)24)17-6-3-2-4-7-17/h2-13,22H,14-15H2,1H3. The van der Waals surface area contributed by atoms with Crippen LogP contribution in [0.2, 0.25) is 0 Å². The predicted molar refractivity (Wildman–Crippen MR) is 109 cm³/mol. The molecule has 4 rings (SSSR count). The summed E-state index contributed by atoms with van der Waals surface area (Å²) in [4.78, 5) is 13.8. The number of carbonyl (C=O) groups is 1. The predicted octanol–water partition coefficient (Wildman–Crippen LogP) is 5.27. The number of hydrogen-bond acceptors (Lipinski definition) is 3. The SMILES string of the molecule is COC(=O)c1ccc(CN2c3cccc(-c4ccccc4)c3CC2Cl)cc1. The summed E-state index contributed by atoms with van der Waals surface area (Å²) in [5.74, 6) is -0.323. The molecule has 1 aliphatic rings. The zero-order chi connectivity index (χ0) is 18.8. The van der Waals surface area contributed by atoms with Gasteiger partial charge in [0.2, 0.25) is 0 Å². The van der Waals surface area contributed by atoms with Crippen LogP contribution in [0, 0.1) is 0 Å². The van der Waals surface area contributed by atoms with Gasteiger partial charge in [0.15, 0.2) is 0 Å². The van der Waals surface area contributed by atoms with Crippen LogP contribution >= 0.6 is 11.6 Å². The van der Waals surface area contributed by atoms with E-state index >= 15 is 0 Å². The third-order valence-corrected chi connectivity index (χ3v) is 5.37. The highest BCUT2D eigenvalue weighted by Gasteiger charge is 2.29. The van der Waals surface area contributed by atoms with E-state index in [9.17, 15) is 4.79 Å². The number of ether oxygens (including phenoxy) is 1. The normalized spacial score (nSPS) is 15.5. The van der Waals surface area contributed by atoms with Crippen molar-refractivity contribution in [3.63, 3.8) is 0 Å². The lowest BCUT2D eigenvalue weighted by Gasteiger charge is -2.23. The van der Waals surface area contributed by atoms with Gasteiger partial charge >= 0.3 is 5.97 Å². The largest absolute Gasteiger partial charge is 0.465 e. The summed E-state index contributed by atoms with van der Waals surface area (Å²) >= 11 is 6.71. The van der Waals surface area contributed by atoms with Gasteiger partial charge in [-0.05, 0) is 40.5 Å². The van der Waals surface area contributed by atoms with E-state index < -0.39 is 0 Å². The van der Waals surface area contributed by atoms with E-state index in [0.717, 1.165) is 12.0 Å². The Bertz CT molecular complexity index is 954. The summed E-state index contributed by atoms with van der Waals surface area (Å²) in [6.45, 7) is 0.695. The molecule has 3 aromatic rings. The van der Waals surface area contributed by atoms with Crippen LogP contribution in [-0.2, 0) is 17.7 Å². The number of anilines is 1. The van der Waals surface area contributed by atoms with Crippen molar-refractivity contribution in [1.82, 2.24) is 0 Å². The first-order valence-electron chi connectivity index (χ1n) is 8.92. The lowest BCUT2D eigenvalue weighted by atomic mass is 9.98. The molecule has 0 fully saturated rings. The zero-order valence-electron chi connectivity index (χ0n) is 15.1. The number of carbonyl (C=O) groups excluding carboxylic acids is 1. The fourth-order valence-electron chi connectivity index (χ4n) is 3.62. The van der Waals surface area contributed by atoms with Gasteiger partial charge in [0.1, 0.15) is 5.50 Å². The minimum Gasteiger partial charge on any atom is -0.465 e. The molecule has 0 N–H and O–H groups in total. The van der Waals surface area contributed by atoms with Gasteiger partial charge < -0.3 is 9.64 Å². The molecule has 0 saturated heterocycles. The average Bonchev–Trinajstić information content (AvgIpc) is 3.04. The molecule has 1 heterocycles. The fraction of sp³-hybridized carbons (Fsp3) is 0.174. The van der Waals surface area contributed by atoms with Crippen molar-refractivity contribution in [3.05, 3.63) is 89.5 Å². The molecule has 1 unspecified atom stereocenters. The van der Waals surface area contributed by atoms with Gasteiger partial charge in [0.25, 0.3) is 0 Å². The summed E-state index contributed by atoms with van der Waals surface area (Å²) in [5.41, 5.74) is 6.47. The number of benzene rings is 3. The van der Waals surface area contributed by atoms with Crippen molar-refractivity contribution in [3.8, 4) is 11.1 Å². The molecule has 1 atom stereocenters. The molecule has 0 spiro atoms. The number of rotatable bonds is 4. The van der Waals surface area contributed by atoms with Crippen molar-refractivity contribution in [1.29, 1.82) is 0 Å². The molecule has 0 aliphatic carbocycles. The van der Waals surface area contributed by atoms with Crippen LogP contribution < -0.4 is 4.90 Å². The Hall–Kier alpha value is -2.78. The molecule has 0 amide bonds. The number of alkyl halides is 1. The molecule has 1 aliphatic heterocycles. The van der Waals surface area contributed by atoms with Crippen molar-refractivity contribution in [2.75, 3.05) is 12.0 Å². The molecule has 4 heteroatoms. The molecule has 3 nitrogen and oxygen atoms in total. The molecule has 27 heavy (non-hydrogen) atoms. The highest BCUT2D eigenvalue weighted by Crippen LogP contribution is 2.40. The third kappa shape index (κ3) is 3.43. The smallest absolute Gasteiger partial charge is 0.337 e. The fourth-order valence-corrected chi connectivity index (χ4v) is 3.95. The molecule has 0 bridgehead atoms. The van der Waals surface area contributed by atoms with E-state index in [0.29, 0.717) is 12.1 Å². The van der Waals surface area contributed by atoms with Gasteiger partial charge in [0.05, 0.1) is 12.7 Å². The maximum atomic E-state index is 11.6. The molecule has 0 saturated carbocycles. The van der Waals surface area contributed by atoms with Crippen LogP contribution in [0.15, 0.2) is 72.8 Å². The summed E-state index contributed by atoms with van der Waals surface area (Å²) < 4.78 is 4.76. The summed E-state index contributed by atoms with van der Waals surface area (Å²) in [7, 11) is 1.39. The Morgan fingerprint density at radius 3 is 2.48 bits per heavy atom. The van der Waals surface area contributed by atoms with Crippen LogP contribution in [0.4, 0.5) is 5.69 Å². The molecule has 3 aromatic carbocycles. The second-order valence-electron chi connectivity index (χ2n) is 6.62. The first-order chi connectivity index (χ1) is 13.2. The Labute approximate surface area is 164 Å². The summed E-state index contributed by atoms with van der Waals surface area (Å²) in [5, 5.41) is 0. The third-order valence-electron chi connectivity index (χ3n) is 4.98. The van der Waals surface area contributed by atoms with Crippen LogP contribution in [0.5, 0.6) is 0 Å². The van der Waals surface area contributed by atoms with E-state index in [1.807, 2.05) is 18.2 Å². The van der Waals surface area contributed by atoms with Gasteiger partial charge in [0, 0.05) is 18.7 Å². The maximum absolute atomic E-state index is 11.6. The Morgan fingerprint density at radius 1 is 1.04 bits per heavy atom. The second-order valence-corrected chi connectivity index (χ2v) is 7.13. The second kappa shape index (κ2) is 7.45. The maximum Gasteiger partial charge on any atom is 0.337 e. The van der Waals surface area contributed by atoms with Gasteiger partial charge in [-0.15, -0.1) is 0 Å². The first-order valence-corrected chi connectivity index (χ1v) is 9.36. The minimum absolute atomic E-state index is 0.0925. The number of hydrogen-bond donors (Lipinski definition) is 0. The number of fused-ring (bicyclic) bond motifs is 1. The van der Waals surface area contributed by atoms with Crippen molar-refractivity contribution >= 4 is 23.3 Å². The lowest BCUT2D eigenvalue weighted by Crippen LogP contribution is -2.26. The monoisotopic (exact) mass is 377 g/mol. The number of nitrogens with zero attached hydrogens (tertiary/aromatic N) is 1. The molecule has 0 radical (unpaired) electrons. The van der Waals surface area contributed by atoms with E-state index in [-0.39, 0.29) is 11.5 Å². The molecule has 136 valence electrons. The molecular formula is C23H20ClNO2. The minimum atomic E-state index is -0.323. The lowest BCUT2D eigenvalue weighted by molar-refractivity contribution is 0.0600.